The summed E-state index contributed by atoms with van der Waals surface area (Å²) in [6.07, 6.45) is 5.61. The van der Waals surface area contributed by atoms with Crippen LogP contribution in [0.4, 0.5) is 5.69 Å². The Balaban J connectivity index is 1.62. The Morgan fingerprint density at radius 2 is 1.61 bits per heavy atom. The molecule has 44 heavy (non-hydrogen) atoms. The highest BCUT2D eigenvalue weighted by molar-refractivity contribution is 7.92. The van der Waals surface area contributed by atoms with Crippen LogP contribution in [0.1, 0.15) is 55.2 Å². The van der Waals surface area contributed by atoms with Crippen LogP contribution >= 0.6 is 34.8 Å². The van der Waals surface area contributed by atoms with Crippen LogP contribution in [0.25, 0.3) is 0 Å². The molecule has 3 aromatic carbocycles. The second-order valence-corrected chi connectivity index (χ2v) is 14.5. The number of carbonyl (C=O) groups excluding carboxylic acids is 2. The number of rotatable bonds is 13. The summed E-state index contributed by atoms with van der Waals surface area (Å²) < 4.78 is 26.8. The number of benzene rings is 3. The molecule has 1 fully saturated rings. The van der Waals surface area contributed by atoms with Gasteiger partial charge in [-0.3, -0.25) is 13.9 Å². The summed E-state index contributed by atoms with van der Waals surface area (Å²) in [6.45, 7) is 1.97. The third kappa shape index (κ3) is 9.36. The average Bonchev–Trinajstić information content (AvgIpc) is 3.48. The van der Waals surface area contributed by atoms with E-state index in [2.05, 4.69) is 5.32 Å². The fourth-order valence-electron chi connectivity index (χ4n) is 5.59. The fourth-order valence-corrected chi connectivity index (χ4v) is 7.24. The normalized spacial score (nSPS) is 14.3. The van der Waals surface area contributed by atoms with E-state index in [1.807, 2.05) is 37.3 Å². The first-order valence-corrected chi connectivity index (χ1v) is 17.7. The SMILES string of the molecule is Cc1ccc(Cl)cc1N(CCCC(=O)N(Cc1ccc(Cl)cc1Cl)[C@H](Cc1ccccc1)C(=O)NC1CCCC1)S(C)(=O)=O. The van der Waals surface area contributed by atoms with E-state index in [0.29, 0.717) is 32.7 Å². The van der Waals surface area contributed by atoms with Gasteiger partial charge in [0.2, 0.25) is 21.8 Å². The van der Waals surface area contributed by atoms with E-state index in [9.17, 15) is 18.0 Å². The Bertz CT molecular complexity index is 1560. The van der Waals surface area contributed by atoms with E-state index in [-0.39, 0.29) is 43.8 Å². The lowest BCUT2D eigenvalue weighted by molar-refractivity contribution is -0.141. The lowest BCUT2D eigenvalue weighted by atomic mass is 10.0. The maximum Gasteiger partial charge on any atom is 0.243 e. The van der Waals surface area contributed by atoms with Crippen molar-refractivity contribution in [1.29, 1.82) is 0 Å². The topological polar surface area (TPSA) is 86.8 Å². The Morgan fingerprint density at radius 1 is 0.955 bits per heavy atom. The van der Waals surface area contributed by atoms with Crippen LogP contribution in [-0.4, -0.2) is 50.0 Å². The number of halogens is 3. The molecule has 0 aromatic heterocycles. The monoisotopic (exact) mass is 677 g/mol. The largest absolute Gasteiger partial charge is 0.352 e. The first kappa shape index (κ1) is 34.1. The number of anilines is 1. The molecule has 0 spiro atoms. The maximum absolute atomic E-state index is 14.1. The summed E-state index contributed by atoms with van der Waals surface area (Å²) in [7, 11) is -3.66. The van der Waals surface area contributed by atoms with Crippen molar-refractivity contribution in [3.8, 4) is 0 Å². The van der Waals surface area contributed by atoms with Gasteiger partial charge in [0.15, 0.2) is 0 Å². The van der Waals surface area contributed by atoms with Crippen molar-refractivity contribution in [3.05, 3.63) is 98.5 Å². The van der Waals surface area contributed by atoms with Crippen LogP contribution in [0.2, 0.25) is 15.1 Å². The third-order valence-electron chi connectivity index (χ3n) is 7.92. The minimum absolute atomic E-state index is 0.0127. The minimum atomic E-state index is -3.66. The number of nitrogens with one attached hydrogen (secondary N) is 1. The molecule has 1 N–H and O–H groups in total. The van der Waals surface area contributed by atoms with Crippen molar-refractivity contribution in [2.24, 2.45) is 0 Å². The zero-order valence-electron chi connectivity index (χ0n) is 24.9. The number of amides is 2. The minimum Gasteiger partial charge on any atom is -0.352 e. The van der Waals surface area contributed by atoms with Gasteiger partial charge in [-0.1, -0.05) is 90.1 Å². The smallest absolute Gasteiger partial charge is 0.243 e. The number of sulfonamides is 1. The average molecular weight is 679 g/mol. The number of hydrogen-bond acceptors (Lipinski definition) is 4. The summed E-state index contributed by atoms with van der Waals surface area (Å²) in [4.78, 5) is 29.5. The molecular weight excluding hydrogens is 641 g/mol. The standard InChI is InChI=1S/C33H38Cl3N3O4S/c1-23-14-16-27(35)21-30(23)39(44(2,42)43)18-8-13-32(40)38(22-25-15-17-26(34)20-29(25)36)31(19-24-9-4-3-5-10-24)33(41)37-28-11-6-7-12-28/h3-5,9-10,14-17,20-21,28,31H,6-8,11-13,18-19,22H2,1-2H3,(H,37,41)/t31-/m1/s1. The van der Waals surface area contributed by atoms with Gasteiger partial charge in [0.1, 0.15) is 6.04 Å². The van der Waals surface area contributed by atoms with Gasteiger partial charge < -0.3 is 10.2 Å². The van der Waals surface area contributed by atoms with Gasteiger partial charge in [0.25, 0.3) is 0 Å². The zero-order chi connectivity index (χ0) is 31.9. The van der Waals surface area contributed by atoms with E-state index in [1.165, 1.54) is 4.31 Å². The molecule has 3 aromatic rings. The van der Waals surface area contributed by atoms with Crippen LogP contribution in [0, 0.1) is 6.92 Å². The molecule has 0 unspecified atom stereocenters. The molecule has 0 saturated heterocycles. The Labute approximate surface area is 275 Å². The predicted octanol–water partition coefficient (Wildman–Crippen LogP) is 7.20. The first-order chi connectivity index (χ1) is 20.9. The second-order valence-electron chi connectivity index (χ2n) is 11.3. The van der Waals surface area contributed by atoms with Gasteiger partial charge in [0.05, 0.1) is 11.9 Å². The summed E-state index contributed by atoms with van der Waals surface area (Å²) >= 11 is 18.9. The van der Waals surface area contributed by atoms with Crippen molar-refractivity contribution in [2.75, 3.05) is 17.1 Å². The molecule has 11 heteroatoms. The predicted molar refractivity (Wildman–Crippen MR) is 179 cm³/mol. The summed E-state index contributed by atoms with van der Waals surface area (Å²) in [5.74, 6) is -0.499. The quantitative estimate of drug-likeness (QED) is 0.207. The Hall–Kier alpha value is -2.78. The van der Waals surface area contributed by atoms with Crippen molar-refractivity contribution in [1.82, 2.24) is 10.2 Å². The Kier molecular flexibility index (Phi) is 12.0. The third-order valence-corrected chi connectivity index (χ3v) is 9.92. The Morgan fingerprint density at radius 3 is 2.27 bits per heavy atom. The van der Waals surface area contributed by atoms with Crippen LogP contribution < -0.4 is 9.62 Å². The van der Waals surface area contributed by atoms with Crippen molar-refractivity contribution < 1.29 is 18.0 Å². The summed E-state index contributed by atoms with van der Waals surface area (Å²) in [5.41, 5.74) is 2.79. The van der Waals surface area contributed by atoms with E-state index in [1.54, 1.807) is 41.3 Å². The summed E-state index contributed by atoms with van der Waals surface area (Å²) in [5, 5.41) is 4.46. The highest BCUT2D eigenvalue weighted by Crippen LogP contribution is 2.28. The lowest BCUT2D eigenvalue weighted by Crippen LogP contribution is -2.52. The molecule has 0 aliphatic heterocycles. The van der Waals surface area contributed by atoms with E-state index in [0.717, 1.165) is 43.1 Å². The maximum atomic E-state index is 14.1. The molecule has 7 nitrogen and oxygen atoms in total. The van der Waals surface area contributed by atoms with Crippen molar-refractivity contribution >= 4 is 62.3 Å². The van der Waals surface area contributed by atoms with Crippen LogP contribution in [0.5, 0.6) is 0 Å². The molecule has 4 rings (SSSR count). The molecule has 2 amide bonds. The molecule has 1 aliphatic rings. The summed E-state index contributed by atoms with van der Waals surface area (Å²) in [6, 6.07) is 19.0. The lowest BCUT2D eigenvalue weighted by Gasteiger charge is -2.33. The zero-order valence-corrected chi connectivity index (χ0v) is 28.0. The van der Waals surface area contributed by atoms with Crippen LogP contribution in [-0.2, 0) is 32.6 Å². The van der Waals surface area contributed by atoms with Crippen molar-refractivity contribution in [2.45, 2.75) is 70.5 Å². The molecule has 236 valence electrons. The van der Waals surface area contributed by atoms with Crippen LogP contribution in [0.15, 0.2) is 66.7 Å². The number of hydrogen-bond donors (Lipinski definition) is 1. The molecular formula is C33H38Cl3N3O4S. The molecule has 0 bridgehead atoms. The van der Waals surface area contributed by atoms with Gasteiger partial charge in [-0.25, -0.2) is 8.42 Å². The van der Waals surface area contributed by atoms with E-state index >= 15 is 0 Å². The van der Waals surface area contributed by atoms with Gasteiger partial charge in [-0.05, 0) is 67.1 Å². The first-order valence-electron chi connectivity index (χ1n) is 14.7. The van der Waals surface area contributed by atoms with Gasteiger partial charge >= 0.3 is 0 Å². The van der Waals surface area contributed by atoms with E-state index in [4.69, 9.17) is 34.8 Å². The highest BCUT2D eigenvalue weighted by Gasteiger charge is 2.32. The van der Waals surface area contributed by atoms with Crippen molar-refractivity contribution in [3.63, 3.8) is 0 Å². The van der Waals surface area contributed by atoms with Gasteiger partial charge in [-0.2, -0.15) is 0 Å². The van der Waals surface area contributed by atoms with Gasteiger partial charge in [0, 0.05) is 47.0 Å². The van der Waals surface area contributed by atoms with Crippen LogP contribution in [0.3, 0.4) is 0 Å². The number of aryl methyl sites for hydroxylation is 1. The van der Waals surface area contributed by atoms with E-state index < -0.39 is 16.1 Å². The number of nitrogens with zero attached hydrogens (tertiary/aromatic N) is 2. The molecule has 0 heterocycles. The molecule has 1 saturated carbocycles. The fraction of sp³-hybridized carbons (Fsp3) is 0.394. The molecule has 1 aliphatic carbocycles. The highest BCUT2D eigenvalue weighted by atomic mass is 35.5. The second kappa shape index (κ2) is 15.5. The molecule has 1 atom stereocenters. The number of carbonyl (C=O) groups is 2. The molecule has 0 radical (unpaired) electrons. The van der Waals surface area contributed by atoms with Gasteiger partial charge in [-0.15, -0.1) is 0 Å².